The number of aromatic nitrogens is 6. The summed E-state index contributed by atoms with van der Waals surface area (Å²) >= 11 is 0. The molecule has 2 saturated carbocycles. The Bertz CT molecular complexity index is 2150. The van der Waals surface area contributed by atoms with Crippen LogP contribution in [-0.2, 0) is 13.1 Å². The van der Waals surface area contributed by atoms with Crippen molar-refractivity contribution in [1.29, 1.82) is 0 Å². The fourth-order valence-corrected chi connectivity index (χ4v) is 7.80. The first-order valence-corrected chi connectivity index (χ1v) is 16.6. The van der Waals surface area contributed by atoms with Crippen LogP contribution in [0.4, 0.5) is 0 Å². The topological polar surface area (TPSA) is 109 Å². The molecule has 2 aliphatic carbocycles. The number of nitrogens with zero attached hydrogens (tertiary/aromatic N) is 7. The first kappa shape index (κ1) is 28.3. The highest BCUT2D eigenvalue weighted by molar-refractivity contribution is 6.00. The number of imidazole rings is 1. The van der Waals surface area contributed by atoms with Crippen LogP contribution >= 0.6 is 0 Å². The zero-order valence-corrected chi connectivity index (χ0v) is 26.7. The Morgan fingerprint density at radius 2 is 1.89 bits per heavy atom. The van der Waals surface area contributed by atoms with E-state index in [1.165, 1.54) is 23.7 Å². The summed E-state index contributed by atoms with van der Waals surface area (Å²) in [7, 11) is 1.67. The number of carbonyl (C=O) groups excluding carboxylic acids is 1. The number of ether oxygens (including phenoxy) is 1. The number of carbonyl (C=O) groups is 1. The molecule has 2 bridgehead atoms. The molecule has 10 heteroatoms. The lowest BCUT2D eigenvalue weighted by Crippen LogP contribution is -2.41. The van der Waals surface area contributed by atoms with Crippen LogP contribution < -0.4 is 10.5 Å². The summed E-state index contributed by atoms with van der Waals surface area (Å²) in [6, 6.07) is 18.8. The average Bonchev–Trinajstić information content (AvgIpc) is 3.39. The Balaban J connectivity index is 1.19. The van der Waals surface area contributed by atoms with E-state index < -0.39 is 0 Å². The van der Waals surface area contributed by atoms with Gasteiger partial charge in [0.2, 0.25) is 0 Å². The number of para-hydroxylation sites is 1. The van der Waals surface area contributed by atoms with Gasteiger partial charge in [0.1, 0.15) is 11.3 Å². The average molecular weight is 627 g/mol. The van der Waals surface area contributed by atoms with E-state index in [-0.39, 0.29) is 18.0 Å². The van der Waals surface area contributed by atoms with Crippen LogP contribution in [0.5, 0.6) is 5.75 Å². The number of hydrogen-bond donors (Lipinski definition) is 1. The first-order chi connectivity index (χ1) is 22.9. The summed E-state index contributed by atoms with van der Waals surface area (Å²) in [6.07, 6.45) is 10.3. The predicted molar refractivity (Wildman–Crippen MR) is 181 cm³/mol. The predicted octanol–water partition coefficient (Wildman–Crippen LogP) is 5.58. The molecule has 0 radical (unpaired) electrons. The van der Waals surface area contributed by atoms with E-state index in [9.17, 15) is 4.79 Å². The molecular formula is C37H38N8O2. The minimum absolute atomic E-state index is 0.00123. The second kappa shape index (κ2) is 10.8. The van der Waals surface area contributed by atoms with Crippen molar-refractivity contribution >= 4 is 27.8 Å². The molecule has 6 aromatic rings. The van der Waals surface area contributed by atoms with E-state index >= 15 is 0 Å². The molecular weight excluding hydrogens is 588 g/mol. The summed E-state index contributed by atoms with van der Waals surface area (Å²) < 4.78 is 12.5. The molecule has 5 heterocycles. The van der Waals surface area contributed by atoms with Crippen molar-refractivity contribution < 1.29 is 9.53 Å². The molecule has 10 nitrogen and oxygen atoms in total. The highest BCUT2D eigenvalue weighted by atomic mass is 16.5. The van der Waals surface area contributed by atoms with Gasteiger partial charge in [-0.2, -0.15) is 5.10 Å². The molecule has 4 aromatic heterocycles. The lowest BCUT2D eigenvalue weighted by Gasteiger charge is -2.27. The second-order valence-corrected chi connectivity index (χ2v) is 13.6. The van der Waals surface area contributed by atoms with Crippen LogP contribution in [0.2, 0.25) is 0 Å². The third-order valence-electron chi connectivity index (χ3n) is 10.5. The van der Waals surface area contributed by atoms with Crippen LogP contribution in [0.1, 0.15) is 47.2 Å². The largest absolute Gasteiger partial charge is 0.494 e. The number of pyridine rings is 1. The van der Waals surface area contributed by atoms with E-state index in [1.807, 2.05) is 54.7 Å². The van der Waals surface area contributed by atoms with Crippen LogP contribution in [0.3, 0.4) is 0 Å². The number of hydrogen-bond acceptors (Lipinski definition) is 6. The van der Waals surface area contributed by atoms with E-state index in [4.69, 9.17) is 15.5 Å². The van der Waals surface area contributed by atoms with Gasteiger partial charge in [-0.1, -0.05) is 24.3 Å². The number of fused-ring (bicyclic) bond motifs is 4. The molecule has 1 amide bonds. The Morgan fingerprint density at radius 1 is 1.02 bits per heavy atom. The van der Waals surface area contributed by atoms with Gasteiger partial charge in [0.05, 0.1) is 31.1 Å². The van der Waals surface area contributed by atoms with Crippen molar-refractivity contribution in [2.75, 3.05) is 13.7 Å². The van der Waals surface area contributed by atoms with Gasteiger partial charge in [-0.05, 0) is 80.3 Å². The maximum absolute atomic E-state index is 14.0. The first-order valence-electron chi connectivity index (χ1n) is 16.6. The number of likely N-dealkylation sites (tertiary alicyclic amines) is 1. The van der Waals surface area contributed by atoms with Crippen LogP contribution in [0.25, 0.3) is 39.3 Å². The van der Waals surface area contributed by atoms with Gasteiger partial charge in [0.15, 0.2) is 11.6 Å². The summed E-state index contributed by atoms with van der Waals surface area (Å²) in [4.78, 5) is 25.8. The van der Waals surface area contributed by atoms with Crippen LogP contribution in [-0.4, -0.2) is 65.4 Å². The van der Waals surface area contributed by atoms with Gasteiger partial charge in [0, 0.05) is 59.6 Å². The zero-order valence-electron chi connectivity index (χ0n) is 26.7. The molecule has 3 atom stereocenters. The van der Waals surface area contributed by atoms with Gasteiger partial charge >= 0.3 is 0 Å². The molecule has 238 valence electrons. The maximum Gasteiger partial charge on any atom is 0.254 e. The number of amides is 1. The zero-order chi connectivity index (χ0) is 31.8. The number of methoxy groups -OCH3 is 1. The molecule has 2 unspecified atom stereocenters. The summed E-state index contributed by atoms with van der Waals surface area (Å²) in [5, 5.41) is 5.84. The normalized spacial score (nSPS) is 20.6. The molecule has 2 N–H and O–H groups in total. The fourth-order valence-electron chi connectivity index (χ4n) is 7.80. The van der Waals surface area contributed by atoms with E-state index in [0.29, 0.717) is 36.2 Å². The molecule has 47 heavy (non-hydrogen) atoms. The van der Waals surface area contributed by atoms with Crippen LogP contribution in [0.15, 0.2) is 73.2 Å². The summed E-state index contributed by atoms with van der Waals surface area (Å²) in [5.41, 5.74) is 13.0. The number of aryl methyl sites for hydroxylation is 1. The monoisotopic (exact) mass is 626 g/mol. The molecule has 2 aromatic carbocycles. The van der Waals surface area contributed by atoms with E-state index in [1.54, 1.807) is 11.8 Å². The maximum atomic E-state index is 14.0. The fraction of sp³-hybridized carbons (Fsp3) is 0.351. The number of nitrogens with two attached hydrogens (primary N) is 1. The Morgan fingerprint density at radius 3 is 2.64 bits per heavy atom. The number of piperidine rings is 1. The van der Waals surface area contributed by atoms with Gasteiger partial charge in [0.25, 0.3) is 5.91 Å². The van der Waals surface area contributed by atoms with E-state index in [0.717, 1.165) is 58.9 Å². The van der Waals surface area contributed by atoms with Crippen molar-refractivity contribution in [3.63, 3.8) is 0 Å². The summed E-state index contributed by atoms with van der Waals surface area (Å²) in [6.45, 7) is 4.19. The standard InChI is InChI=1S/C37H38N8O2/c1-22-7-12-33(39-16-22)45-20-24(17-40-45)19-44-35-28(13-27(15-32(35)47-2)37(46)43-21-26-10-11-30(43)34(26)38)41-36(44)31-14-25-5-3-4-6-29(25)42(31)18-23-8-9-23/h3-7,12-17,20,23,26,30,34H,8-11,18-19,21,38H2,1-2H3/t26?,30?,34-/m1/s1. The van der Waals surface area contributed by atoms with Crippen molar-refractivity contribution in [1.82, 2.24) is 33.8 Å². The summed E-state index contributed by atoms with van der Waals surface area (Å²) in [5.74, 6) is 3.27. The number of benzene rings is 2. The molecule has 3 fully saturated rings. The Labute approximate surface area is 272 Å². The lowest BCUT2D eigenvalue weighted by molar-refractivity contribution is 0.0700. The molecule has 1 saturated heterocycles. The van der Waals surface area contributed by atoms with Gasteiger partial charge in [-0.25, -0.2) is 14.6 Å². The Kier molecular flexibility index (Phi) is 6.50. The highest BCUT2D eigenvalue weighted by Crippen LogP contribution is 2.41. The smallest absolute Gasteiger partial charge is 0.254 e. The van der Waals surface area contributed by atoms with Crippen molar-refractivity contribution in [3.05, 3.63) is 89.9 Å². The van der Waals surface area contributed by atoms with Gasteiger partial charge in [-0.3, -0.25) is 4.79 Å². The van der Waals surface area contributed by atoms with E-state index in [2.05, 4.69) is 49.5 Å². The van der Waals surface area contributed by atoms with Gasteiger partial charge in [-0.15, -0.1) is 0 Å². The van der Waals surface area contributed by atoms with Crippen molar-refractivity contribution in [2.24, 2.45) is 17.6 Å². The minimum atomic E-state index is -0.00123. The quantitative estimate of drug-likeness (QED) is 0.237. The molecule has 0 spiro atoms. The molecule has 3 aliphatic rings. The molecule has 1 aliphatic heterocycles. The van der Waals surface area contributed by atoms with Crippen molar-refractivity contribution in [3.8, 4) is 23.1 Å². The molecule has 9 rings (SSSR count). The lowest BCUT2D eigenvalue weighted by atomic mass is 10.1. The number of rotatable bonds is 8. The Hall–Kier alpha value is -4.96. The second-order valence-electron chi connectivity index (χ2n) is 13.6. The van der Waals surface area contributed by atoms with Crippen LogP contribution in [0, 0.1) is 18.8 Å². The minimum Gasteiger partial charge on any atom is -0.494 e. The highest BCUT2D eigenvalue weighted by Gasteiger charge is 2.47. The SMILES string of the molecule is COc1cc(C(=O)N2CC3CCC2[C@@H]3N)cc2nc(-c3cc4ccccc4n3CC3CC3)n(Cc3cnn(-c4ccc(C)cn4)c3)c12. The third-order valence-corrected chi connectivity index (χ3v) is 10.5. The van der Waals surface area contributed by atoms with Gasteiger partial charge < -0.3 is 24.5 Å². The van der Waals surface area contributed by atoms with Crippen molar-refractivity contribution in [2.45, 2.75) is 57.8 Å². The third kappa shape index (κ3) is 4.73.